The van der Waals surface area contributed by atoms with Gasteiger partial charge in [0.1, 0.15) is 0 Å². The predicted octanol–water partition coefficient (Wildman–Crippen LogP) is -0.168. The first-order valence-electron chi connectivity index (χ1n) is 6.42. The highest BCUT2D eigenvalue weighted by Gasteiger charge is 2.30. The summed E-state index contributed by atoms with van der Waals surface area (Å²) in [4.78, 5) is 13.1. The van der Waals surface area contributed by atoms with Crippen LogP contribution in [0, 0.1) is 0 Å². The molecule has 104 valence electrons. The van der Waals surface area contributed by atoms with Crippen molar-refractivity contribution in [3.8, 4) is 0 Å². The lowest BCUT2D eigenvalue weighted by atomic mass is 9.69. The van der Waals surface area contributed by atoms with E-state index in [-0.39, 0.29) is 0 Å². The number of nitrogens with one attached hydrogen (secondary N) is 1. The first-order valence-corrected chi connectivity index (χ1v) is 6.42. The van der Waals surface area contributed by atoms with E-state index in [4.69, 9.17) is 5.84 Å². The average Bonchev–Trinajstić information content (AvgIpc) is 2.55. The van der Waals surface area contributed by atoms with Crippen LogP contribution in [-0.4, -0.2) is 24.2 Å². The lowest BCUT2D eigenvalue weighted by Crippen LogP contribution is -2.50. The maximum absolute atomic E-state index is 11.6. The van der Waals surface area contributed by atoms with Crippen LogP contribution in [0.2, 0.25) is 0 Å². The third-order valence-electron chi connectivity index (χ3n) is 3.33. The van der Waals surface area contributed by atoms with E-state index in [9.17, 15) is 9.82 Å². The van der Waals surface area contributed by atoms with Gasteiger partial charge in [0.2, 0.25) is 0 Å². The van der Waals surface area contributed by atoms with E-state index < -0.39 is 13.0 Å². The summed E-state index contributed by atoms with van der Waals surface area (Å²) in [5.74, 6) is 4.73. The Bertz CT molecular complexity index is 705. The molecule has 0 unspecified atom stereocenters. The molecule has 4 N–H and O–H groups in total. The summed E-state index contributed by atoms with van der Waals surface area (Å²) in [5.41, 5.74) is 4.60. The monoisotopic (exact) mass is 280 g/mol. The van der Waals surface area contributed by atoms with Gasteiger partial charge in [-0.15, -0.1) is 0 Å². The van der Waals surface area contributed by atoms with Crippen molar-refractivity contribution >= 4 is 30.3 Å². The van der Waals surface area contributed by atoms with E-state index in [0.29, 0.717) is 11.0 Å². The second kappa shape index (κ2) is 5.39. The number of nitrogens with zero attached hydrogens (tertiary/aromatic N) is 2. The number of nitrogens with two attached hydrogens (primary N) is 1. The second-order valence-electron chi connectivity index (χ2n) is 4.62. The molecular weight excluding hydrogens is 267 g/mol. The Balaban J connectivity index is 2.00. The number of hydrogen-bond acceptors (Lipinski definition) is 5. The van der Waals surface area contributed by atoms with E-state index in [1.165, 1.54) is 4.92 Å². The first-order chi connectivity index (χ1) is 10.2. The van der Waals surface area contributed by atoms with Crippen LogP contribution < -0.4 is 21.7 Å². The van der Waals surface area contributed by atoms with Gasteiger partial charge in [0.15, 0.2) is 0 Å². The smallest absolute Gasteiger partial charge is 0.427 e. The maximum Gasteiger partial charge on any atom is 0.471 e. The Morgan fingerprint density at radius 1 is 1.24 bits per heavy atom. The number of carbonyl (C=O) groups excluding carboxylic acids is 1. The molecule has 1 amide bonds. The molecule has 6 nitrogen and oxygen atoms in total. The van der Waals surface area contributed by atoms with Crippen LogP contribution in [0.25, 0.3) is 0 Å². The molecule has 0 aromatic heterocycles. The molecule has 2 aromatic carbocycles. The molecule has 21 heavy (non-hydrogen) atoms. The van der Waals surface area contributed by atoms with Crippen LogP contribution in [0.1, 0.15) is 15.9 Å². The minimum atomic E-state index is -0.960. The van der Waals surface area contributed by atoms with Crippen molar-refractivity contribution in [1.82, 2.24) is 5.43 Å². The minimum absolute atomic E-state index is 0.388. The first kappa shape index (κ1) is 13.4. The summed E-state index contributed by atoms with van der Waals surface area (Å²) in [6.45, 7) is 0. The average molecular weight is 280 g/mol. The molecule has 1 aliphatic heterocycles. The largest absolute Gasteiger partial charge is 0.471 e. The van der Waals surface area contributed by atoms with Gasteiger partial charge in [-0.2, -0.15) is 5.10 Å². The van der Waals surface area contributed by atoms with Crippen molar-refractivity contribution in [2.75, 3.05) is 4.92 Å². The van der Waals surface area contributed by atoms with Crippen LogP contribution in [0.15, 0.2) is 53.6 Å². The molecule has 2 aromatic rings. The zero-order chi connectivity index (χ0) is 14.8. The molecule has 0 radical (unpaired) electrons. The summed E-state index contributed by atoms with van der Waals surface area (Å²) < 4.78 is 0. The van der Waals surface area contributed by atoms with E-state index in [1.54, 1.807) is 24.4 Å². The van der Waals surface area contributed by atoms with Crippen LogP contribution in [-0.2, 0) is 0 Å². The SMILES string of the molecule is NNC(=O)c1ccc2c(c1)B(O)N(c1ccccc1)N=C2. The fraction of sp³-hybridized carbons (Fsp3) is 0. The Morgan fingerprint density at radius 2 is 2.00 bits per heavy atom. The van der Waals surface area contributed by atoms with Crippen LogP contribution in [0.3, 0.4) is 0 Å². The molecule has 1 heterocycles. The lowest BCUT2D eigenvalue weighted by molar-refractivity contribution is 0.0953. The third kappa shape index (κ3) is 2.40. The normalized spacial score (nSPS) is 13.0. The van der Waals surface area contributed by atoms with Crippen LogP contribution in [0.5, 0.6) is 0 Å². The number of fused-ring (bicyclic) bond motifs is 1. The number of rotatable bonds is 2. The van der Waals surface area contributed by atoms with Gasteiger partial charge in [-0.25, -0.2) is 5.84 Å². The Morgan fingerprint density at radius 3 is 2.71 bits per heavy atom. The minimum Gasteiger partial charge on any atom is -0.427 e. The fourth-order valence-corrected chi connectivity index (χ4v) is 2.25. The van der Waals surface area contributed by atoms with Gasteiger partial charge >= 0.3 is 7.05 Å². The Labute approximate surface area is 122 Å². The third-order valence-corrected chi connectivity index (χ3v) is 3.33. The number of hydrazone groups is 1. The van der Waals surface area contributed by atoms with Gasteiger partial charge in [-0.05, 0) is 35.3 Å². The number of carbonyl (C=O) groups is 1. The van der Waals surface area contributed by atoms with Gasteiger partial charge in [-0.1, -0.05) is 24.3 Å². The molecule has 7 heteroatoms. The number of anilines is 1. The van der Waals surface area contributed by atoms with E-state index in [2.05, 4.69) is 10.5 Å². The molecular formula is C14H13BN4O2. The summed E-state index contributed by atoms with van der Waals surface area (Å²) in [7, 11) is -0.960. The van der Waals surface area contributed by atoms with Gasteiger partial charge in [0.05, 0.1) is 6.21 Å². The lowest BCUT2D eigenvalue weighted by Gasteiger charge is -2.26. The highest BCUT2D eigenvalue weighted by atomic mass is 16.2. The molecule has 0 fully saturated rings. The summed E-state index contributed by atoms with van der Waals surface area (Å²) in [5, 5.41) is 14.8. The van der Waals surface area contributed by atoms with Crippen molar-refractivity contribution in [3.63, 3.8) is 0 Å². The number of hydrazine groups is 1. The molecule has 0 saturated heterocycles. The summed E-state index contributed by atoms with van der Waals surface area (Å²) in [6.07, 6.45) is 1.65. The predicted molar refractivity (Wildman–Crippen MR) is 82.2 cm³/mol. The topological polar surface area (TPSA) is 90.9 Å². The molecule has 0 saturated carbocycles. The summed E-state index contributed by atoms with van der Waals surface area (Å²) in [6, 6.07) is 14.3. The van der Waals surface area contributed by atoms with Crippen molar-refractivity contribution < 1.29 is 9.82 Å². The van der Waals surface area contributed by atoms with E-state index in [1.807, 2.05) is 30.3 Å². The zero-order valence-electron chi connectivity index (χ0n) is 11.1. The molecule has 3 rings (SSSR count). The molecule has 0 atom stereocenters. The molecule has 0 bridgehead atoms. The fourth-order valence-electron chi connectivity index (χ4n) is 2.25. The van der Waals surface area contributed by atoms with Gasteiger partial charge in [-0.3, -0.25) is 15.1 Å². The quantitative estimate of drug-likeness (QED) is 0.308. The van der Waals surface area contributed by atoms with Crippen molar-refractivity contribution in [1.29, 1.82) is 0 Å². The molecule has 0 aliphatic carbocycles. The van der Waals surface area contributed by atoms with Crippen molar-refractivity contribution in [2.45, 2.75) is 0 Å². The number of amides is 1. The van der Waals surface area contributed by atoms with Crippen LogP contribution >= 0.6 is 0 Å². The Kier molecular flexibility index (Phi) is 3.43. The highest BCUT2D eigenvalue weighted by molar-refractivity contribution is 6.71. The van der Waals surface area contributed by atoms with E-state index >= 15 is 0 Å². The number of benzene rings is 2. The number of para-hydroxylation sites is 1. The van der Waals surface area contributed by atoms with E-state index in [0.717, 1.165) is 11.3 Å². The van der Waals surface area contributed by atoms with Gasteiger partial charge in [0.25, 0.3) is 5.91 Å². The maximum atomic E-state index is 11.6. The second-order valence-corrected chi connectivity index (χ2v) is 4.62. The van der Waals surface area contributed by atoms with Crippen molar-refractivity contribution in [2.24, 2.45) is 10.9 Å². The van der Waals surface area contributed by atoms with Crippen molar-refractivity contribution in [3.05, 3.63) is 59.7 Å². The molecule has 0 spiro atoms. The number of hydrogen-bond donors (Lipinski definition) is 3. The zero-order valence-corrected chi connectivity index (χ0v) is 11.1. The van der Waals surface area contributed by atoms with Gasteiger partial charge in [0, 0.05) is 11.3 Å². The van der Waals surface area contributed by atoms with Crippen LogP contribution in [0.4, 0.5) is 5.69 Å². The van der Waals surface area contributed by atoms with Gasteiger partial charge < -0.3 is 5.02 Å². The number of nitrogen functional groups attached to an aromatic ring is 1. The summed E-state index contributed by atoms with van der Waals surface area (Å²) >= 11 is 0. The highest BCUT2D eigenvalue weighted by Crippen LogP contribution is 2.18. The molecule has 1 aliphatic rings. The Hall–Kier alpha value is -2.64. The standard InChI is InChI=1S/C14H13BN4O2/c16-18-14(20)10-6-7-11-9-17-19(15(21)13(11)8-10)12-4-2-1-3-5-12/h1-9,21H,16H2,(H,18,20).